The van der Waals surface area contributed by atoms with Crippen molar-refractivity contribution in [3.63, 3.8) is 0 Å². The minimum Gasteiger partial charge on any atom is -0.382 e. The number of halogens is 2. The van der Waals surface area contributed by atoms with Gasteiger partial charge in [0.1, 0.15) is 0 Å². The number of benzene rings is 1. The number of nitrogens with zero attached hydrogens (tertiary/aromatic N) is 1. The summed E-state index contributed by atoms with van der Waals surface area (Å²) >= 11 is 5.23. The van der Waals surface area contributed by atoms with Crippen molar-refractivity contribution in [2.75, 3.05) is 26.3 Å². The lowest BCUT2D eigenvalue weighted by molar-refractivity contribution is 0.145. The van der Waals surface area contributed by atoms with Crippen LogP contribution in [-0.4, -0.2) is 37.5 Å². The van der Waals surface area contributed by atoms with Crippen LogP contribution in [0.15, 0.2) is 38.6 Å². The molecule has 0 aromatic heterocycles. The average molecular weight is 502 g/mol. The van der Waals surface area contributed by atoms with E-state index in [2.05, 4.69) is 45.3 Å². The van der Waals surface area contributed by atoms with Crippen LogP contribution in [0.3, 0.4) is 0 Å². The number of nitrogens with two attached hydrogens (primary N) is 1. The first kappa shape index (κ1) is 22.0. The van der Waals surface area contributed by atoms with Gasteiger partial charge in [-0.2, -0.15) is 0 Å². The fraction of sp³-hybridized carbons (Fsp3) is 0.533. The van der Waals surface area contributed by atoms with Crippen LogP contribution in [0.5, 0.6) is 0 Å². The van der Waals surface area contributed by atoms with E-state index in [9.17, 15) is 0 Å². The molecule has 1 rings (SSSR count). The summed E-state index contributed by atoms with van der Waals surface area (Å²) in [5.74, 6) is 0.509. The van der Waals surface area contributed by atoms with Gasteiger partial charge in [-0.3, -0.25) is 4.99 Å². The molecule has 0 saturated carbocycles. The third kappa shape index (κ3) is 10.7. The summed E-state index contributed by atoms with van der Waals surface area (Å²) in [4.78, 5) is 5.61. The van der Waals surface area contributed by atoms with Gasteiger partial charge in [0.15, 0.2) is 5.96 Å². The van der Waals surface area contributed by atoms with Gasteiger partial charge in [-0.05, 0) is 37.6 Å². The molecular formula is C15H25BrIN3OS. The second kappa shape index (κ2) is 13.4. The molecule has 0 fully saturated rings. The Morgan fingerprint density at radius 3 is 2.73 bits per heavy atom. The van der Waals surface area contributed by atoms with E-state index in [4.69, 9.17) is 10.5 Å². The lowest BCUT2D eigenvalue weighted by atomic mass is 10.4. The summed E-state index contributed by atoms with van der Waals surface area (Å²) in [6, 6.07) is 8.30. The van der Waals surface area contributed by atoms with Crippen LogP contribution < -0.4 is 11.1 Å². The molecule has 0 saturated heterocycles. The fourth-order valence-electron chi connectivity index (χ4n) is 1.60. The van der Waals surface area contributed by atoms with Crippen molar-refractivity contribution >= 4 is 57.6 Å². The van der Waals surface area contributed by atoms with Crippen molar-refractivity contribution in [3.8, 4) is 0 Å². The van der Waals surface area contributed by atoms with Gasteiger partial charge in [0, 0.05) is 34.4 Å². The average Bonchev–Trinajstić information content (AvgIpc) is 2.47. The van der Waals surface area contributed by atoms with Crippen LogP contribution >= 0.6 is 51.7 Å². The third-order valence-corrected chi connectivity index (χ3v) is 4.27. The molecule has 4 nitrogen and oxygen atoms in total. The second-order valence-corrected chi connectivity index (χ2v) is 7.01. The van der Waals surface area contributed by atoms with Gasteiger partial charge in [0.05, 0.1) is 6.54 Å². The summed E-state index contributed by atoms with van der Waals surface area (Å²) in [5, 5.41) is 3.48. The highest BCUT2D eigenvalue weighted by Gasteiger charge is 2.04. The SMILES string of the molecule is CCOCCCNC(N)=NCC(C)Sc1ccc(Br)cc1.I. The molecule has 0 aliphatic carbocycles. The number of hydrogen-bond donors (Lipinski definition) is 2. The Morgan fingerprint density at radius 1 is 1.41 bits per heavy atom. The van der Waals surface area contributed by atoms with E-state index in [1.165, 1.54) is 4.90 Å². The van der Waals surface area contributed by atoms with Crippen LogP contribution in [-0.2, 0) is 4.74 Å². The maximum absolute atomic E-state index is 5.83. The van der Waals surface area contributed by atoms with E-state index in [1.807, 2.05) is 19.1 Å². The molecular weight excluding hydrogens is 477 g/mol. The van der Waals surface area contributed by atoms with Crippen molar-refractivity contribution in [2.24, 2.45) is 10.7 Å². The Kier molecular flexibility index (Phi) is 13.5. The summed E-state index contributed by atoms with van der Waals surface area (Å²) in [7, 11) is 0. The minimum atomic E-state index is 0. The highest BCUT2D eigenvalue weighted by atomic mass is 127. The van der Waals surface area contributed by atoms with E-state index in [1.54, 1.807) is 11.8 Å². The molecule has 1 aromatic carbocycles. The summed E-state index contributed by atoms with van der Waals surface area (Å²) in [5.41, 5.74) is 5.83. The zero-order valence-electron chi connectivity index (χ0n) is 13.0. The van der Waals surface area contributed by atoms with Crippen molar-refractivity contribution in [3.05, 3.63) is 28.7 Å². The maximum atomic E-state index is 5.83. The van der Waals surface area contributed by atoms with E-state index >= 15 is 0 Å². The van der Waals surface area contributed by atoms with Crippen molar-refractivity contribution in [1.82, 2.24) is 5.32 Å². The molecule has 1 unspecified atom stereocenters. The Labute approximate surface area is 163 Å². The molecule has 22 heavy (non-hydrogen) atoms. The van der Waals surface area contributed by atoms with Gasteiger partial charge < -0.3 is 15.8 Å². The highest BCUT2D eigenvalue weighted by molar-refractivity contribution is 14.0. The fourth-order valence-corrected chi connectivity index (χ4v) is 2.77. The zero-order valence-corrected chi connectivity index (χ0v) is 17.8. The van der Waals surface area contributed by atoms with Crippen molar-refractivity contribution in [2.45, 2.75) is 30.4 Å². The molecule has 7 heteroatoms. The maximum Gasteiger partial charge on any atom is 0.188 e. The molecule has 0 spiro atoms. The van der Waals surface area contributed by atoms with Gasteiger partial charge in [0.2, 0.25) is 0 Å². The van der Waals surface area contributed by atoms with E-state index in [0.29, 0.717) is 17.8 Å². The molecule has 3 N–H and O–H groups in total. The Balaban J connectivity index is 0.00000441. The highest BCUT2D eigenvalue weighted by Crippen LogP contribution is 2.24. The Hall–Kier alpha value is 0.01000. The third-order valence-electron chi connectivity index (χ3n) is 2.65. The van der Waals surface area contributed by atoms with Gasteiger partial charge >= 0.3 is 0 Å². The minimum absolute atomic E-state index is 0. The first-order valence-corrected chi connectivity index (χ1v) is 8.82. The molecule has 126 valence electrons. The molecule has 0 bridgehead atoms. The summed E-state index contributed by atoms with van der Waals surface area (Å²) < 4.78 is 6.36. The standard InChI is InChI=1S/C15H24BrN3OS.HI/c1-3-20-10-4-9-18-15(17)19-11-12(2)21-14-7-5-13(16)6-8-14;/h5-8,12H,3-4,9-11H2,1-2H3,(H3,17,18,19);1H. The number of ether oxygens (including phenoxy) is 1. The largest absolute Gasteiger partial charge is 0.382 e. The van der Waals surface area contributed by atoms with Crippen LogP contribution in [0.25, 0.3) is 0 Å². The number of nitrogens with one attached hydrogen (secondary N) is 1. The quantitative estimate of drug-likeness (QED) is 0.177. The number of rotatable bonds is 9. The summed E-state index contributed by atoms with van der Waals surface area (Å²) in [6.07, 6.45) is 0.938. The van der Waals surface area contributed by atoms with Crippen LogP contribution in [0.2, 0.25) is 0 Å². The number of aliphatic imine (C=N–C) groups is 1. The zero-order chi connectivity index (χ0) is 15.5. The number of thioether (sulfide) groups is 1. The second-order valence-electron chi connectivity index (χ2n) is 4.59. The van der Waals surface area contributed by atoms with Crippen molar-refractivity contribution in [1.29, 1.82) is 0 Å². The van der Waals surface area contributed by atoms with E-state index < -0.39 is 0 Å². The van der Waals surface area contributed by atoms with E-state index in [0.717, 1.165) is 30.7 Å². The predicted molar refractivity (Wildman–Crippen MR) is 110 cm³/mol. The lowest BCUT2D eigenvalue weighted by Crippen LogP contribution is -2.33. The smallest absolute Gasteiger partial charge is 0.188 e. The summed E-state index contributed by atoms with van der Waals surface area (Å²) in [6.45, 7) is 7.15. The Morgan fingerprint density at radius 2 is 2.09 bits per heavy atom. The first-order chi connectivity index (χ1) is 10.1. The first-order valence-electron chi connectivity index (χ1n) is 7.15. The molecule has 0 heterocycles. The topological polar surface area (TPSA) is 59.6 Å². The number of hydrogen-bond acceptors (Lipinski definition) is 3. The predicted octanol–water partition coefficient (Wildman–Crippen LogP) is 3.88. The monoisotopic (exact) mass is 501 g/mol. The van der Waals surface area contributed by atoms with Crippen LogP contribution in [0, 0.1) is 0 Å². The van der Waals surface area contributed by atoms with Crippen LogP contribution in [0.4, 0.5) is 0 Å². The molecule has 0 aliphatic rings. The van der Waals surface area contributed by atoms with Gasteiger partial charge in [-0.15, -0.1) is 35.7 Å². The molecule has 1 atom stereocenters. The molecule has 0 amide bonds. The normalized spacial score (nSPS) is 12.6. The van der Waals surface area contributed by atoms with Gasteiger partial charge in [-0.1, -0.05) is 22.9 Å². The van der Waals surface area contributed by atoms with E-state index in [-0.39, 0.29) is 24.0 Å². The van der Waals surface area contributed by atoms with Crippen molar-refractivity contribution < 1.29 is 4.74 Å². The van der Waals surface area contributed by atoms with Gasteiger partial charge in [0.25, 0.3) is 0 Å². The molecule has 0 radical (unpaired) electrons. The Bertz CT molecular complexity index is 431. The molecule has 0 aliphatic heterocycles. The lowest BCUT2D eigenvalue weighted by Gasteiger charge is -2.10. The molecule has 1 aromatic rings. The number of guanidine groups is 1. The van der Waals surface area contributed by atoms with Crippen LogP contribution in [0.1, 0.15) is 20.3 Å². The van der Waals surface area contributed by atoms with Gasteiger partial charge in [-0.25, -0.2) is 0 Å².